The molecule has 0 saturated heterocycles. The number of hydrogen-bond donors (Lipinski definition) is 2. The monoisotopic (exact) mass is 625 g/mol. The smallest absolute Gasteiger partial charge is 0.306 e. The molecule has 0 saturated carbocycles. The maximum atomic E-state index is 14.1. The third kappa shape index (κ3) is 6.94. The van der Waals surface area contributed by atoms with Crippen LogP contribution in [0.4, 0.5) is 0 Å². The van der Waals surface area contributed by atoms with Crippen LogP contribution in [-0.4, -0.2) is 65.6 Å². The number of carbonyl (C=O) groups excluding carboxylic acids is 2. The quantitative estimate of drug-likeness (QED) is 0.0953. The van der Waals surface area contributed by atoms with Crippen molar-refractivity contribution in [2.45, 2.75) is 51.5 Å². The molecule has 2 amide bonds. The van der Waals surface area contributed by atoms with Crippen LogP contribution >= 0.6 is 0 Å². The van der Waals surface area contributed by atoms with Gasteiger partial charge in [-0.1, -0.05) is 79.7 Å². The maximum absolute atomic E-state index is 14.1. The number of carbonyl (C=O) groups is 3. The summed E-state index contributed by atoms with van der Waals surface area (Å²) in [4.78, 5) is 49.1. The molecule has 3 atom stereocenters. The normalized spacial score (nSPS) is 14.3. The summed E-state index contributed by atoms with van der Waals surface area (Å²) in [5.41, 5.74) is 5.58. The summed E-state index contributed by atoms with van der Waals surface area (Å²) in [6.45, 7) is 6.39. The van der Waals surface area contributed by atoms with Crippen LogP contribution in [0.15, 0.2) is 85.1 Å². The predicted molar refractivity (Wildman–Crippen MR) is 172 cm³/mol. The molecule has 4 aromatic rings. The van der Waals surface area contributed by atoms with E-state index in [4.69, 9.17) is 14.3 Å². The minimum atomic E-state index is -1.46. The van der Waals surface area contributed by atoms with Crippen molar-refractivity contribution in [3.63, 3.8) is 0 Å². The van der Waals surface area contributed by atoms with Crippen molar-refractivity contribution in [1.82, 2.24) is 15.4 Å². The van der Waals surface area contributed by atoms with Crippen LogP contribution in [0.3, 0.4) is 0 Å². The summed E-state index contributed by atoms with van der Waals surface area (Å²) >= 11 is 0. The number of aliphatic carboxylic acids is 1. The fourth-order valence-corrected chi connectivity index (χ4v) is 6.22. The van der Waals surface area contributed by atoms with Gasteiger partial charge in [-0.25, -0.2) is 5.06 Å². The number of nitrogens with zero attached hydrogens (tertiary/aromatic N) is 2. The zero-order valence-corrected chi connectivity index (χ0v) is 26.2. The Bertz CT molecular complexity index is 1620. The third-order valence-corrected chi connectivity index (χ3v) is 8.35. The number of nitrogens with one attached hydrogen (secondary N) is 1. The molecule has 10 heteroatoms. The molecule has 46 heavy (non-hydrogen) atoms. The highest BCUT2D eigenvalue weighted by atomic mass is 16.7. The van der Waals surface area contributed by atoms with Gasteiger partial charge in [0.25, 0.3) is 0 Å². The highest BCUT2D eigenvalue weighted by molar-refractivity contribution is 5.89. The van der Waals surface area contributed by atoms with Crippen molar-refractivity contribution in [3.05, 3.63) is 102 Å². The first kappa shape index (κ1) is 32.7. The molecule has 2 unspecified atom stereocenters. The van der Waals surface area contributed by atoms with Crippen molar-refractivity contribution in [1.29, 1.82) is 0 Å². The van der Waals surface area contributed by atoms with Gasteiger partial charge < -0.3 is 19.9 Å². The number of ether oxygens (including phenoxy) is 2. The Morgan fingerprint density at radius 2 is 1.57 bits per heavy atom. The van der Waals surface area contributed by atoms with Gasteiger partial charge in [-0.15, -0.1) is 0 Å². The van der Waals surface area contributed by atoms with Gasteiger partial charge in [0.1, 0.15) is 6.04 Å². The van der Waals surface area contributed by atoms with Gasteiger partial charge in [0.05, 0.1) is 24.6 Å². The molecule has 1 heterocycles. The summed E-state index contributed by atoms with van der Waals surface area (Å²) in [6, 6.07) is 23.1. The van der Waals surface area contributed by atoms with Crippen molar-refractivity contribution in [2.24, 2.45) is 5.92 Å². The Kier molecular flexibility index (Phi) is 10.7. The van der Waals surface area contributed by atoms with E-state index in [9.17, 15) is 19.5 Å². The summed E-state index contributed by atoms with van der Waals surface area (Å²) in [6.07, 6.45) is 0.684. The van der Waals surface area contributed by atoms with Gasteiger partial charge in [-0.05, 0) is 42.2 Å². The highest BCUT2D eigenvalue weighted by Crippen LogP contribution is 2.44. The lowest BCUT2D eigenvalue weighted by molar-refractivity contribution is -0.194. The molecule has 0 fully saturated rings. The predicted octanol–water partition coefficient (Wildman–Crippen LogP) is 5.47. The SMILES string of the molecule is CCOC(OCC)[C@@H](C)C(NC(=O)C(CC(=O)O)N(C=O)OCC1c2ccccc2-c2ccccc21)c1cccc2cccnc12. The van der Waals surface area contributed by atoms with Crippen LogP contribution in [0.5, 0.6) is 0 Å². The van der Waals surface area contributed by atoms with E-state index in [0.717, 1.165) is 32.7 Å². The lowest BCUT2D eigenvalue weighted by Crippen LogP contribution is -2.50. The lowest BCUT2D eigenvalue weighted by Gasteiger charge is -2.34. The first-order valence-electron chi connectivity index (χ1n) is 15.5. The Labute approximate surface area is 268 Å². The van der Waals surface area contributed by atoms with Gasteiger partial charge in [-0.3, -0.25) is 24.2 Å². The molecule has 0 aliphatic heterocycles. The molecule has 2 N–H and O–H groups in total. The van der Waals surface area contributed by atoms with Crippen LogP contribution < -0.4 is 5.32 Å². The second-order valence-electron chi connectivity index (χ2n) is 11.1. The number of amides is 2. The van der Waals surface area contributed by atoms with Gasteiger partial charge in [0, 0.05) is 42.2 Å². The van der Waals surface area contributed by atoms with E-state index in [1.54, 1.807) is 6.20 Å². The van der Waals surface area contributed by atoms with Crippen molar-refractivity contribution < 1.29 is 33.8 Å². The highest BCUT2D eigenvalue weighted by Gasteiger charge is 2.37. The molecule has 1 aromatic heterocycles. The van der Waals surface area contributed by atoms with Crippen LogP contribution in [0, 0.1) is 5.92 Å². The average molecular weight is 626 g/mol. The van der Waals surface area contributed by atoms with E-state index in [2.05, 4.69) is 10.3 Å². The van der Waals surface area contributed by atoms with E-state index < -0.39 is 42.6 Å². The summed E-state index contributed by atoms with van der Waals surface area (Å²) in [7, 11) is 0. The van der Waals surface area contributed by atoms with Crippen LogP contribution in [0.1, 0.15) is 55.8 Å². The molecule has 0 spiro atoms. The molecule has 1 aliphatic rings. The number of carboxylic acids is 1. The van der Waals surface area contributed by atoms with E-state index >= 15 is 0 Å². The first-order chi connectivity index (χ1) is 22.4. The van der Waals surface area contributed by atoms with E-state index in [1.165, 1.54) is 0 Å². The van der Waals surface area contributed by atoms with Crippen LogP contribution in [0.2, 0.25) is 0 Å². The minimum Gasteiger partial charge on any atom is -0.481 e. The van der Waals surface area contributed by atoms with Crippen LogP contribution in [0.25, 0.3) is 22.0 Å². The van der Waals surface area contributed by atoms with E-state index in [0.29, 0.717) is 30.7 Å². The molecule has 3 aromatic carbocycles. The number of pyridine rings is 1. The van der Waals surface area contributed by atoms with Gasteiger partial charge in [0.2, 0.25) is 12.3 Å². The fraction of sp³-hybridized carbons (Fsp3) is 0.333. The van der Waals surface area contributed by atoms with Crippen molar-refractivity contribution in [3.8, 4) is 11.1 Å². The molecular formula is C36H39N3O7. The van der Waals surface area contributed by atoms with E-state index in [-0.39, 0.29) is 12.5 Å². The summed E-state index contributed by atoms with van der Waals surface area (Å²) < 4.78 is 11.8. The number of para-hydroxylation sites is 1. The van der Waals surface area contributed by atoms with Gasteiger partial charge in [0.15, 0.2) is 6.29 Å². The number of aromatic nitrogens is 1. The topological polar surface area (TPSA) is 127 Å². The maximum Gasteiger partial charge on any atom is 0.306 e. The molecule has 10 nitrogen and oxygen atoms in total. The fourth-order valence-electron chi connectivity index (χ4n) is 6.22. The number of fused-ring (bicyclic) bond motifs is 4. The molecule has 1 aliphatic carbocycles. The average Bonchev–Trinajstić information content (AvgIpc) is 3.39. The number of benzene rings is 3. The lowest BCUT2D eigenvalue weighted by atomic mass is 9.91. The second-order valence-corrected chi connectivity index (χ2v) is 11.1. The Balaban J connectivity index is 1.44. The largest absolute Gasteiger partial charge is 0.481 e. The number of rotatable bonds is 16. The second kappa shape index (κ2) is 15.1. The zero-order valence-electron chi connectivity index (χ0n) is 26.2. The minimum absolute atomic E-state index is 0.0278. The molecular weight excluding hydrogens is 586 g/mol. The Morgan fingerprint density at radius 1 is 0.935 bits per heavy atom. The summed E-state index contributed by atoms with van der Waals surface area (Å²) in [5.74, 6) is -2.60. The zero-order chi connectivity index (χ0) is 32.6. The molecule has 240 valence electrons. The standard InChI is InChI=1S/C36H39N3O7/c1-4-44-36(45-5-2)23(3)33(29-18-10-12-24-13-11-19-37-34(24)29)38-35(43)31(20-32(41)42)39(22-40)46-21-30-27-16-8-6-14-25(27)26-15-7-9-17-28(26)30/h6-19,22-23,30-31,33,36H,4-5,20-21H2,1-3H3,(H,38,43)(H,41,42)/t23-,31?,33?/m0/s1. The third-order valence-electron chi connectivity index (χ3n) is 8.35. The van der Waals surface area contributed by atoms with Crippen LogP contribution in [-0.2, 0) is 28.7 Å². The number of carboxylic acid groups (broad SMARTS) is 1. The number of hydrogen-bond acceptors (Lipinski definition) is 7. The van der Waals surface area contributed by atoms with E-state index in [1.807, 2.05) is 99.6 Å². The molecule has 0 bridgehead atoms. The molecule has 5 rings (SSSR count). The van der Waals surface area contributed by atoms with Crippen molar-refractivity contribution in [2.75, 3.05) is 19.8 Å². The summed E-state index contributed by atoms with van der Waals surface area (Å²) in [5, 5.41) is 14.5. The van der Waals surface area contributed by atoms with Gasteiger partial charge >= 0.3 is 5.97 Å². The molecule has 0 radical (unpaired) electrons. The Hall–Kier alpha value is -4.64. The Morgan fingerprint density at radius 3 is 2.17 bits per heavy atom. The van der Waals surface area contributed by atoms with Crippen molar-refractivity contribution >= 4 is 29.2 Å². The van der Waals surface area contributed by atoms with Gasteiger partial charge in [-0.2, -0.15) is 0 Å². The number of hydroxylamine groups is 2. The first-order valence-corrected chi connectivity index (χ1v) is 15.5.